The Morgan fingerprint density at radius 1 is 1.36 bits per heavy atom. The highest BCUT2D eigenvalue weighted by Gasteiger charge is 2.24. The zero-order chi connectivity index (χ0) is 10.4. The Kier molecular flexibility index (Phi) is 5.12. The molecule has 0 aromatic rings. The quantitative estimate of drug-likeness (QED) is 0.698. The number of ether oxygens (including phenoxy) is 1. The first-order valence-corrected chi connectivity index (χ1v) is 5.54. The molecule has 0 bridgehead atoms. The molecule has 3 heteroatoms. The average molecular weight is 199 g/mol. The van der Waals surface area contributed by atoms with Crippen molar-refractivity contribution >= 4 is 5.78 Å². The Balaban J connectivity index is 2.40. The molecular weight excluding hydrogens is 178 g/mol. The molecule has 0 heterocycles. The lowest BCUT2D eigenvalue weighted by Crippen LogP contribution is -2.39. The lowest BCUT2D eigenvalue weighted by atomic mass is 9.92. The van der Waals surface area contributed by atoms with Crippen molar-refractivity contribution in [2.24, 2.45) is 11.7 Å². The molecule has 1 fully saturated rings. The zero-order valence-electron chi connectivity index (χ0n) is 9.00. The normalized spacial score (nSPS) is 21.6. The fourth-order valence-electron chi connectivity index (χ4n) is 2.13. The van der Waals surface area contributed by atoms with Crippen molar-refractivity contribution in [2.75, 3.05) is 13.7 Å². The largest absolute Gasteiger partial charge is 0.383 e. The second kappa shape index (κ2) is 6.14. The van der Waals surface area contributed by atoms with Crippen LogP contribution >= 0.6 is 0 Å². The third-order valence-electron chi connectivity index (χ3n) is 2.97. The molecule has 2 N–H and O–H groups in total. The third kappa shape index (κ3) is 3.39. The lowest BCUT2D eigenvalue weighted by molar-refractivity contribution is -0.125. The van der Waals surface area contributed by atoms with Crippen molar-refractivity contribution in [3.8, 4) is 0 Å². The van der Waals surface area contributed by atoms with Gasteiger partial charge in [0.25, 0.3) is 0 Å². The van der Waals surface area contributed by atoms with Gasteiger partial charge in [-0.15, -0.1) is 0 Å². The molecule has 0 aliphatic heterocycles. The van der Waals surface area contributed by atoms with Crippen LogP contribution in [0.15, 0.2) is 0 Å². The molecule has 14 heavy (non-hydrogen) atoms. The first kappa shape index (κ1) is 11.7. The van der Waals surface area contributed by atoms with Crippen molar-refractivity contribution in [1.82, 2.24) is 0 Å². The Morgan fingerprint density at radius 2 is 1.93 bits per heavy atom. The zero-order valence-corrected chi connectivity index (χ0v) is 9.00. The van der Waals surface area contributed by atoms with Gasteiger partial charge in [0.1, 0.15) is 0 Å². The summed E-state index contributed by atoms with van der Waals surface area (Å²) in [5, 5.41) is 0. The van der Waals surface area contributed by atoms with E-state index in [0.29, 0.717) is 6.61 Å². The summed E-state index contributed by atoms with van der Waals surface area (Å²) in [5.74, 6) is 0.399. The number of methoxy groups -OCH3 is 1. The van der Waals surface area contributed by atoms with Gasteiger partial charge >= 0.3 is 0 Å². The predicted molar refractivity (Wildman–Crippen MR) is 56.1 cm³/mol. The number of carbonyl (C=O) groups is 1. The second-order valence-electron chi connectivity index (χ2n) is 4.15. The smallest absolute Gasteiger partial charge is 0.154 e. The minimum atomic E-state index is -0.414. The fourth-order valence-corrected chi connectivity index (χ4v) is 2.13. The van der Waals surface area contributed by atoms with Crippen LogP contribution in [0.1, 0.15) is 38.5 Å². The first-order chi connectivity index (χ1) is 6.75. The van der Waals surface area contributed by atoms with Crippen LogP contribution in [0.5, 0.6) is 0 Å². The van der Waals surface area contributed by atoms with Crippen LogP contribution in [0, 0.1) is 5.92 Å². The van der Waals surface area contributed by atoms with Gasteiger partial charge in [0.2, 0.25) is 0 Å². The molecule has 1 aliphatic carbocycles. The van der Waals surface area contributed by atoms with Gasteiger partial charge in [0.15, 0.2) is 5.78 Å². The standard InChI is InChI=1S/C11H21NO2/c1-14-8-10(12)11(13)9-6-4-2-3-5-7-9/h9-10H,2-8,12H2,1H3. The summed E-state index contributed by atoms with van der Waals surface area (Å²) in [6.45, 7) is 0.356. The highest BCUT2D eigenvalue weighted by atomic mass is 16.5. The topological polar surface area (TPSA) is 52.3 Å². The number of rotatable bonds is 4. The summed E-state index contributed by atoms with van der Waals surface area (Å²) in [5.41, 5.74) is 5.74. The van der Waals surface area contributed by atoms with Crippen molar-refractivity contribution in [1.29, 1.82) is 0 Å². The van der Waals surface area contributed by atoms with E-state index < -0.39 is 6.04 Å². The van der Waals surface area contributed by atoms with Gasteiger partial charge < -0.3 is 10.5 Å². The summed E-state index contributed by atoms with van der Waals surface area (Å²) in [7, 11) is 1.58. The second-order valence-corrected chi connectivity index (χ2v) is 4.15. The van der Waals surface area contributed by atoms with Crippen LogP contribution in [-0.4, -0.2) is 25.5 Å². The van der Waals surface area contributed by atoms with E-state index in [2.05, 4.69) is 0 Å². The number of nitrogens with two attached hydrogens (primary N) is 1. The monoisotopic (exact) mass is 199 g/mol. The van der Waals surface area contributed by atoms with Crippen molar-refractivity contribution < 1.29 is 9.53 Å². The molecule has 82 valence electrons. The van der Waals surface area contributed by atoms with Gasteiger partial charge in [-0.1, -0.05) is 25.7 Å². The first-order valence-electron chi connectivity index (χ1n) is 5.54. The number of carbonyl (C=O) groups excluding carboxylic acids is 1. The third-order valence-corrected chi connectivity index (χ3v) is 2.97. The Morgan fingerprint density at radius 3 is 2.43 bits per heavy atom. The van der Waals surface area contributed by atoms with E-state index in [-0.39, 0.29) is 11.7 Å². The van der Waals surface area contributed by atoms with E-state index in [9.17, 15) is 4.79 Å². The summed E-state index contributed by atoms with van der Waals surface area (Å²) < 4.78 is 4.90. The van der Waals surface area contributed by atoms with Gasteiger partial charge in [-0.25, -0.2) is 0 Å². The number of hydrogen-bond acceptors (Lipinski definition) is 3. The van der Waals surface area contributed by atoms with E-state index >= 15 is 0 Å². The molecule has 1 aliphatic rings. The minimum Gasteiger partial charge on any atom is -0.383 e. The molecule has 1 saturated carbocycles. The maximum Gasteiger partial charge on any atom is 0.154 e. The molecule has 0 amide bonds. The molecule has 0 radical (unpaired) electrons. The minimum absolute atomic E-state index is 0.197. The number of ketones is 1. The van der Waals surface area contributed by atoms with Crippen LogP contribution in [0.25, 0.3) is 0 Å². The van der Waals surface area contributed by atoms with Gasteiger partial charge in [0.05, 0.1) is 12.6 Å². The fraction of sp³-hybridized carbons (Fsp3) is 0.909. The number of Topliss-reactive ketones (excluding diaryl/α,β-unsaturated/α-hetero) is 1. The van der Waals surface area contributed by atoms with Crippen LogP contribution in [0.4, 0.5) is 0 Å². The maximum absolute atomic E-state index is 11.8. The van der Waals surface area contributed by atoms with Crippen molar-refractivity contribution in [3.63, 3.8) is 0 Å². The van der Waals surface area contributed by atoms with E-state index in [1.165, 1.54) is 25.7 Å². The SMILES string of the molecule is COCC(N)C(=O)C1CCCCCC1. The molecule has 0 saturated heterocycles. The Labute approximate surface area is 86.0 Å². The summed E-state index contributed by atoms with van der Waals surface area (Å²) in [6.07, 6.45) is 6.94. The molecule has 1 atom stereocenters. The molecular formula is C11H21NO2. The van der Waals surface area contributed by atoms with E-state index in [4.69, 9.17) is 10.5 Å². The van der Waals surface area contributed by atoms with Crippen LogP contribution in [0.3, 0.4) is 0 Å². The Hall–Kier alpha value is -0.410. The van der Waals surface area contributed by atoms with E-state index in [1.54, 1.807) is 7.11 Å². The van der Waals surface area contributed by atoms with Crippen LogP contribution in [0.2, 0.25) is 0 Å². The molecule has 0 spiro atoms. The van der Waals surface area contributed by atoms with Gasteiger partial charge in [-0.2, -0.15) is 0 Å². The molecule has 3 nitrogen and oxygen atoms in total. The highest BCUT2D eigenvalue weighted by Crippen LogP contribution is 2.24. The van der Waals surface area contributed by atoms with Gasteiger partial charge in [-0.3, -0.25) is 4.79 Å². The maximum atomic E-state index is 11.8. The van der Waals surface area contributed by atoms with Crippen LogP contribution < -0.4 is 5.73 Å². The average Bonchev–Trinajstić information content (AvgIpc) is 2.45. The highest BCUT2D eigenvalue weighted by molar-refractivity contribution is 5.86. The van der Waals surface area contributed by atoms with Crippen LogP contribution in [-0.2, 0) is 9.53 Å². The molecule has 0 aromatic heterocycles. The summed E-state index contributed by atoms with van der Waals surface area (Å²) >= 11 is 0. The molecule has 1 rings (SSSR count). The number of hydrogen-bond donors (Lipinski definition) is 1. The lowest BCUT2D eigenvalue weighted by Gasteiger charge is -2.17. The predicted octanol–water partition coefficient (Wildman–Crippen LogP) is 1.50. The summed E-state index contributed by atoms with van der Waals surface area (Å²) in [4.78, 5) is 11.8. The van der Waals surface area contributed by atoms with E-state index in [1.807, 2.05) is 0 Å². The van der Waals surface area contributed by atoms with Crippen molar-refractivity contribution in [2.45, 2.75) is 44.6 Å². The molecule has 1 unspecified atom stereocenters. The van der Waals surface area contributed by atoms with Gasteiger partial charge in [0, 0.05) is 13.0 Å². The molecule has 0 aromatic carbocycles. The Bertz CT molecular complexity index is 174. The van der Waals surface area contributed by atoms with E-state index in [0.717, 1.165) is 12.8 Å². The summed E-state index contributed by atoms with van der Waals surface area (Å²) in [6, 6.07) is -0.414. The van der Waals surface area contributed by atoms with Gasteiger partial charge in [-0.05, 0) is 12.8 Å². The van der Waals surface area contributed by atoms with Crippen molar-refractivity contribution in [3.05, 3.63) is 0 Å².